The van der Waals surface area contributed by atoms with Gasteiger partial charge in [-0.25, -0.2) is 0 Å². The molecule has 2 aliphatic heterocycles. The van der Waals surface area contributed by atoms with E-state index in [2.05, 4.69) is 43.9 Å². The SMILES string of the molecule is CCCCN1C(=O)/C(=C2/Sc3ccc(OC)cc3N2CC)SC1=N[C@H](C)c1ccccc1. The third-order valence-corrected chi connectivity index (χ3v) is 8.00. The standard InChI is InChI=1S/C25H29N3O2S2/c1-5-7-15-28-23(29)22(32-25(28)26-17(3)18-11-9-8-10-12-18)24-27(6-2)20-16-19(30-4)13-14-21(20)31-24/h8-14,16-17H,5-7,15H2,1-4H3/b24-22-,26-25?/t17-/m1/s1. The molecule has 0 aromatic heterocycles. The molecule has 2 heterocycles. The number of carbonyl (C=O) groups is 1. The predicted octanol–water partition coefficient (Wildman–Crippen LogP) is 6.29. The first kappa shape index (κ1) is 22.8. The van der Waals surface area contributed by atoms with E-state index in [-0.39, 0.29) is 11.9 Å². The number of amides is 1. The number of amidine groups is 1. The van der Waals surface area contributed by atoms with E-state index in [4.69, 9.17) is 9.73 Å². The van der Waals surface area contributed by atoms with Gasteiger partial charge in [0.2, 0.25) is 0 Å². The van der Waals surface area contributed by atoms with Crippen molar-refractivity contribution in [1.29, 1.82) is 0 Å². The Balaban J connectivity index is 1.71. The highest BCUT2D eigenvalue weighted by Gasteiger charge is 2.39. The van der Waals surface area contributed by atoms with Gasteiger partial charge in [-0.2, -0.15) is 0 Å². The van der Waals surface area contributed by atoms with Gasteiger partial charge in [-0.3, -0.25) is 14.7 Å². The third-order valence-electron chi connectivity index (χ3n) is 5.60. The fourth-order valence-electron chi connectivity index (χ4n) is 3.79. The highest BCUT2D eigenvalue weighted by atomic mass is 32.2. The van der Waals surface area contributed by atoms with Crippen LogP contribution in [0.4, 0.5) is 5.69 Å². The van der Waals surface area contributed by atoms with Crippen molar-refractivity contribution in [2.75, 3.05) is 25.1 Å². The number of hydrogen-bond donors (Lipinski definition) is 0. The zero-order chi connectivity index (χ0) is 22.7. The van der Waals surface area contributed by atoms with Crippen molar-refractivity contribution in [3.63, 3.8) is 0 Å². The van der Waals surface area contributed by atoms with Gasteiger partial charge < -0.3 is 9.64 Å². The molecule has 4 rings (SSSR count). The van der Waals surface area contributed by atoms with Gasteiger partial charge in [0, 0.05) is 24.1 Å². The fourth-order valence-corrected chi connectivity index (χ4v) is 6.25. The molecule has 0 aliphatic carbocycles. The Labute approximate surface area is 198 Å². The smallest absolute Gasteiger partial charge is 0.269 e. The lowest BCUT2D eigenvalue weighted by molar-refractivity contribution is -0.122. The highest BCUT2D eigenvalue weighted by molar-refractivity contribution is 8.19. The second-order valence-corrected chi connectivity index (χ2v) is 9.73. The van der Waals surface area contributed by atoms with Crippen LogP contribution in [-0.4, -0.2) is 36.2 Å². The summed E-state index contributed by atoms with van der Waals surface area (Å²) in [7, 11) is 1.68. The van der Waals surface area contributed by atoms with E-state index in [1.165, 1.54) is 11.8 Å². The number of aliphatic imine (C=N–C) groups is 1. The molecule has 0 bridgehead atoms. The molecule has 2 aromatic rings. The number of benzene rings is 2. The molecule has 1 fully saturated rings. The molecule has 1 saturated heterocycles. The van der Waals surface area contributed by atoms with Gasteiger partial charge in [-0.15, -0.1) is 0 Å². The molecular weight excluding hydrogens is 438 g/mol. The second kappa shape index (κ2) is 10.0. The molecule has 2 aromatic carbocycles. The van der Waals surface area contributed by atoms with E-state index >= 15 is 0 Å². The monoisotopic (exact) mass is 467 g/mol. The van der Waals surface area contributed by atoms with Crippen LogP contribution in [0.5, 0.6) is 5.75 Å². The molecule has 0 spiro atoms. The molecule has 0 saturated carbocycles. The van der Waals surface area contributed by atoms with E-state index in [1.54, 1.807) is 18.9 Å². The second-order valence-electron chi connectivity index (χ2n) is 7.72. The summed E-state index contributed by atoms with van der Waals surface area (Å²) in [6.07, 6.45) is 1.98. The number of ether oxygens (including phenoxy) is 1. The number of rotatable bonds is 7. The summed E-state index contributed by atoms with van der Waals surface area (Å²) in [4.78, 5) is 24.5. The van der Waals surface area contributed by atoms with Gasteiger partial charge >= 0.3 is 0 Å². The summed E-state index contributed by atoms with van der Waals surface area (Å²) < 4.78 is 5.43. The maximum absolute atomic E-state index is 13.6. The Morgan fingerprint density at radius 2 is 1.84 bits per heavy atom. The van der Waals surface area contributed by atoms with Crippen LogP contribution in [0.25, 0.3) is 0 Å². The van der Waals surface area contributed by atoms with Crippen LogP contribution in [0.2, 0.25) is 0 Å². The van der Waals surface area contributed by atoms with Crippen molar-refractivity contribution in [2.24, 2.45) is 4.99 Å². The van der Waals surface area contributed by atoms with Crippen LogP contribution in [0, 0.1) is 0 Å². The highest BCUT2D eigenvalue weighted by Crippen LogP contribution is 2.51. The van der Waals surface area contributed by atoms with Crippen molar-refractivity contribution in [2.45, 2.75) is 44.6 Å². The third kappa shape index (κ3) is 4.41. The van der Waals surface area contributed by atoms with Crippen molar-refractivity contribution in [3.05, 3.63) is 64.0 Å². The number of thioether (sulfide) groups is 2. The number of anilines is 1. The van der Waals surface area contributed by atoms with Crippen LogP contribution in [-0.2, 0) is 4.79 Å². The van der Waals surface area contributed by atoms with Gasteiger partial charge in [0.05, 0.1) is 18.8 Å². The molecule has 1 amide bonds. The van der Waals surface area contributed by atoms with Crippen molar-refractivity contribution < 1.29 is 9.53 Å². The predicted molar refractivity (Wildman–Crippen MR) is 135 cm³/mol. The van der Waals surface area contributed by atoms with E-state index in [0.717, 1.165) is 56.4 Å². The number of hydrogen-bond acceptors (Lipinski definition) is 6. The largest absolute Gasteiger partial charge is 0.497 e. The average molecular weight is 468 g/mol. The lowest BCUT2D eigenvalue weighted by atomic mass is 10.1. The normalized spacial score (nSPS) is 20.2. The molecular formula is C25H29N3O2S2. The van der Waals surface area contributed by atoms with Crippen LogP contribution >= 0.6 is 23.5 Å². The molecule has 7 heteroatoms. The molecule has 168 valence electrons. The quantitative estimate of drug-likeness (QED) is 0.448. The minimum atomic E-state index is -0.0139. The Morgan fingerprint density at radius 1 is 1.06 bits per heavy atom. The topological polar surface area (TPSA) is 45.1 Å². The lowest BCUT2D eigenvalue weighted by Crippen LogP contribution is -2.31. The van der Waals surface area contributed by atoms with Gasteiger partial charge in [0.1, 0.15) is 15.7 Å². The Morgan fingerprint density at radius 3 is 2.53 bits per heavy atom. The summed E-state index contributed by atoms with van der Waals surface area (Å²) in [5, 5.41) is 1.79. The van der Waals surface area contributed by atoms with Crippen LogP contribution < -0.4 is 9.64 Å². The fraction of sp³-hybridized carbons (Fsp3) is 0.360. The number of unbranched alkanes of at least 4 members (excludes halogenated alkanes) is 1. The maximum Gasteiger partial charge on any atom is 0.269 e. The molecule has 0 unspecified atom stereocenters. The van der Waals surface area contributed by atoms with Gasteiger partial charge in [0.15, 0.2) is 5.17 Å². The first-order chi connectivity index (χ1) is 15.6. The lowest BCUT2D eigenvalue weighted by Gasteiger charge is -2.19. The van der Waals surface area contributed by atoms with Crippen LogP contribution in [0.1, 0.15) is 45.2 Å². The Kier molecular flexibility index (Phi) is 7.16. The first-order valence-corrected chi connectivity index (χ1v) is 12.7. The summed E-state index contributed by atoms with van der Waals surface area (Å²) >= 11 is 3.17. The summed E-state index contributed by atoms with van der Waals surface area (Å²) in [6, 6.07) is 16.3. The minimum Gasteiger partial charge on any atom is -0.497 e. The molecule has 0 N–H and O–H groups in total. The summed E-state index contributed by atoms with van der Waals surface area (Å²) in [5.41, 5.74) is 2.24. The zero-order valence-electron chi connectivity index (χ0n) is 19.0. The van der Waals surface area contributed by atoms with Crippen molar-refractivity contribution >= 4 is 40.3 Å². The molecule has 0 radical (unpaired) electrons. The van der Waals surface area contributed by atoms with E-state index in [0.29, 0.717) is 6.54 Å². The molecule has 2 aliphatic rings. The van der Waals surface area contributed by atoms with Gasteiger partial charge in [0.25, 0.3) is 5.91 Å². The van der Waals surface area contributed by atoms with E-state index in [9.17, 15) is 4.79 Å². The first-order valence-electron chi connectivity index (χ1n) is 11.1. The Hall–Kier alpha value is -2.38. The Bertz CT molecular complexity index is 1050. The van der Waals surface area contributed by atoms with Gasteiger partial charge in [-0.05, 0) is 49.7 Å². The molecule has 1 atom stereocenters. The van der Waals surface area contributed by atoms with Crippen LogP contribution in [0.3, 0.4) is 0 Å². The summed E-state index contributed by atoms with van der Waals surface area (Å²) in [5.74, 6) is 0.881. The van der Waals surface area contributed by atoms with Crippen molar-refractivity contribution in [3.8, 4) is 5.75 Å². The minimum absolute atomic E-state index is 0.0139. The average Bonchev–Trinajstić information content (AvgIpc) is 3.34. The number of carbonyl (C=O) groups excluding carboxylic acids is 1. The molecule has 32 heavy (non-hydrogen) atoms. The number of nitrogens with zero attached hydrogens (tertiary/aromatic N) is 3. The summed E-state index contributed by atoms with van der Waals surface area (Å²) in [6.45, 7) is 7.81. The zero-order valence-corrected chi connectivity index (χ0v) is 20.6. The van der Waals surface area contributed by atoms with Crippen molar-refractivity contribution in [1.82, 2.24) is 4.90 Å². The molecule has 5 nitrogen and oxygen atoms in total. The van der Waals surface area contributed by atoms with E-state index in [1.807, 2.05) is 35.2 Å². The van der Waals surface area contributed by atoms with E-state index < -0.39 is 0 Å². The number of fused-ring (bicyclic) bond motifs is 1. The maximum atomic E-state index is 13.6. The van der Waals surface area contributed by atoms with Gasteiger partial charge in [-0.1, -0.05) is 55.4 Å². The number of methoxy groups -OCH3 is 1. The van der Waals surface area contributed by atoms with Crippen LogP contribution in [0.15, 0.2) is 68.4 Å².